The second-order valence-corrected chi connectivity index (χ2v) is 8.60. The molecule has 0 amide bonds. The number of nitrogens with zero attached hydrogens (tertiary/aromatic N) is 3. The van der Waals surface area contributed by atoms with Crippen LogP contribution >= 0.6 is 11.6 Å². The van der Waals surface area contributed by atoms with Gasteiger partial charge in [0.2, 0.25) is 0 Å². The number of rotatable bonds is 2. The summed E-state index contributed by atoms with van der Waals surface area (Å²) in [6, 6.07) is 5.98. The lowest BCUT2D eigenvalue weighted by Crippen LogP contribution is -2.57. The second kappa shape index (κ2) is 6.80. The van der Waals surface area contributed by atoms with E-state index in [0.29, 0.717) is 5.92 Å². The van der Waals surface area contributed by atoms with E-state index in [2.05, 4.69) is 21.5 Å². The molecule has 1 aromatic carbocycles. The van der Waals surface area contributed by atoms with Crippen molar-refractivity contribution in [2.45, 2.75) is 43.9 Å². The molecule has 3 aliphatic rings. The molecule has 0 N–H and O–H groups in total. The first-order valence-corrected chi connectivity index (χ1v) is 10.3. The molecule has 5 nitrogen and oxygen atoms in total. The molecule has 4 heterocycles. The zero-order chi connectivity index (χ0) is 18.4. The lowest BCUT2D eigenvalue weighted by Gasteiger charge is -2.53. The van der Waals surface area contributed by atoms with Gasteiger partial charge >= 0.3 is 0 Å². The number of piperidine rings is 1. The summed E-state index contributed by atoms with van der Waals surface area (Å²) in [6.45, 7) is 3.85. The second-order valence-electron chi connectivity index (χ2n) is 8.16. The predicted octanol–water partition coefficient (Wildman–Crippen LogP) is 3.97. The van der Waals surface area contributed by atoms with Crippen molar-refractivity contribution in [1.29, 1.82) is 0 Å². The highest BCUT2D eigenvalue weighted by molar-refractivity contribution is 6.30. The van der Waals surface area contributed by atoms with Gasteiger partial charge in [0.05, 0.1) is 18.1 Å². The van der Waals surface area contributed by atoms with Gasteiger partial charge in [-0.25, -0.2) is 4.98 Å². The fourth-order valence-electron chi connectivity index (χ4n) is 5.08. The third-order valence-electron chi connectivity index (χ3n) is 6.59. The smallest absolute Gasteiger partial charge is 0.126 e. The summed E-state index contributed by atoms with van der Waals surface area (Å²) in [4.78, 5) is 6.76. The molecular formula is C21H26ClN3O2. The topological polar surface area (TPSA) is 39.5 Å². The number of benzene rings is 1. The largest absolute Gasteiger partial charge is 0.486 e. The van der Waals surface area contributed by atoms with Gasteiger partial charge in [0.1, 0.15) is 11.4 Å². The van der Waals surface area contributed by atoms with Gasteiger partial charge in [0, 0.05) is 68.8 Å². The van der Waals surface area contributed by atoms with Gasteiger partial charge in [-0.2, -0.15) is 0 Å². The highest BCUT2D eigenvalue weighted by Crippen LogP contribution is 2.53. The summed E-state index contributed by atoms with van der Waals surface area (Å²) in [5.41, 5.74) is 2.28. The number of ether oxygens (including phenoxy) is 2. The van der Waals surface area contributed by atoms with Gasteiger partial charge in [-0.1, -0.05) is 11.6 Å². The molecule has 1 spiro atoms. The van der Waals surface area contributed by atoms with Crippen LogP contribution in [0.5, 0.6) is 5.75 Å². The van der Waals surface area contributed by atoms with Crippen LogP contribution in [0.3, 0.4) is 0 Å². The van der Waals surface area contributed by atoms with Crippen molar-refractivity contribution < 1.29 is 9.47 Å². The van der Waals surface area contributed by atoms with E-state index in [-0.39, 0.29) is 11.7 Å². The number of aromatic nitrogens is 2. The van der Waals surface area contributed by atoms with Gasteiger partial charge in [0.15, 0.2) is 0 Å². The summed E-state index contributed by atoms with van der Waals surface area (Å²) in [7, 11) is 2.06. The number of fused-ring (bicyclic) bond motifs is 4. The Morgan fingerprint density at radius 1 is 1.30 bits per heavy atom. The van der Waals surface area contributed by atoms with Gasteiger partial charge in [-0.3, -0.25) is 4.90 Å². The molecule has 0 aliphatic carbocycles. The number of hydrogen-bond donors (Lipinski definition) is 0. The SMILES string of the molecule is Cn1cncc1CN1CCC2(CC1)Oc1ccc(Cl)cc1[C@H]1OCCC[C@@H]12. The molecule has 0 saturated carbocycles. The van der Waals surface area contributed by atoms with Crippen LogP contribution in [-0.4, -0.2) is 39.7 Å². The lowest BCUT2D eigenvalue weighted by atomic mass is 9.70. The minimum atomic E-state index is -0.116. The Hall–Kier alpha value is -1.56. The first kappa shape index (κ1) is 17.5. The lowest BCUT2D eigenvalue weighted by molar-refractivity contribution is -0.150. The molecule has 144 valence electrons. The Morgan fingerprint density at radius 2 is 2.15 bits per heavy atom. The van der Waals surface area contributed by atoms with E-state index < -0.39 is 0 Å². The molecule has 2 atom stereocenters. The number of aryl methyl sites for hydroxylation is 1. The third kappa shape index (κ3) is 3.06. The van der Waals surface area contributed by atoms with E-state index in [4.69, 9.17) is 21.1 Å². The monoisotopic (exact) mass is 387 g/mol. The normalized spacial score (nSPS) is 27.0. The van der Waals surface area contributed by atoms with Crippen molar-refractivity contribution in [3.8, 4) is 5.75 Å². The third-order valence-corrected chi connectivity index (χ3v) is 6.83. The maximum atomic E-state index is 6.71. The van der Waals surface area contributed by atoms with Crippen molar-refractivity contribution in [3.63, 3.8) is 0 Å². The van der Waals surface area contributed by atoms with Gasteiger partial charge in [-0.05, 0) is 31.0 Å². The first-order valence-electron chi connectivity index (χ1n) is 9.92. The maximum absolute atomic E-state index is 6.71. The van der Waals surface area contributed by atoms with Crippen molar-refractivity contribution in [1.82, 2.24) is 14.5 Å². The number of hydrogen-bond acceptors (Lipinski definition) is 4. The molecule has 2 fully saturated rings. The average molecular weight is 388 g/mol. The molecular weight excluding hydrogens is 362 g/mol. The Labute approximate surface area is 165 Å². The molecule has 3 aliphatic heterocycles. The highest BCUT2D eigenvalue weighted by atomic mass is 35.5. The molecule has 2 aromatic rings. The van der Waals surface area contributed by atoms with Gasteiger partial charge < -0.3 is 14.0 Å². The quantitative estimate of drug-likeness (QED) is 0.781. The summed E-state index contributed by atoms with van der Waals surface area (Å²) >= 11 is 6.26. The van der Waals surface area contributed by atoms with Crippen LogP contribution < -0.4 is 4.74 Å². The molecule has 0 unspecified atom stereocenters. The Bertz CT molecular complexity index is 829. The van der Waals surface area contributed by atoms with Crippen LogP contribution in [-0.2, 0) is 18.3 Å². The zero-order valence-electron chi connectivity index (χ0n) is 15.7. The van der Waals surface area contributed by atoms with E-state index in [1.807, 2.05) is 30.7 Å². The average Bonchev–Trinajstić information content (AvgIpc) is 3.09. The standard InChI is InChI=1S/C21H26ClN3O2/c1-24-14-23-12-16(24)13-25-8-6-21(7-9-25)18-3-2-10-26-20(18)17-11-15(22)4-5-19(17)27-21/h4-5,11-12,14,18,20H,2-3,6-10,13H2,1H3/t18-,20+/m0/s1. The Balaban J connectivity index is 1.38. The van der Waals surface area contributed by atoms with E-state index in [1.54, 1.807) is 0 Å². The Kier molecular flexibility index (Phi) is 4.42. The van der Waals surface area contributed by atoms with Crippen LogP contribution in [0.4, 0.5) is 0 Å². The summed E-state index contributed by atoms with van der Waals surface area (Å²) in [6.07, 6.45) is 8.31. The van der Waals surface area contributed by atoms with Crippen LogP contribution in [0, 0.1) is 5.92 Å². The van der Waals surface area contributed by atoms with Crippen LogP contribution in [0.1, 0.15) is 43.0 Å². The number of likely N-dealkylation sites (tertiary alicyclic amines) is 1. The van der Waals surface area contributed by atoms with Crippen LogP contribution in [0.25, 0.3) is 0 Å². The molecule has 0 radical (unpaired) electrons. The van der Waals surface area contributed by atoms with Crippen molar-refractivity contribution in [2.75, 3.05) is 19.7 Å². The Morgan fingerprint density at radius 3 is 2.93 bits per heavy atom. The van der Waals surface area contributed by atoms with E-state index in [0.717, 1.165) is 61.8 Å². The zero-order valence-corrected chi connectivity index (χ0v) is 16.5. The molecule has 2 saturated heterocycles. The van der Waals surface area contributed by atoms with Crippen LogP contribution in [0.15, 0.2) is 30.7 Å². The van der Waals surface area contributed by atoms with Gasteiger partial charge in [0.25, 0.3) is 0 Å². The molecule has 0 bridgehead atoms. The van der Waals surface area contributed by atoms with Crippen LogP contribution in [0.2, 0.25) is 5.02 Å². The summed E-state index contributed by atoms with van der Waals surface area (Å²) in [5, 5.41) is 0.757. The number of imidazole rings is 1. The molecule has 27 heavy (non-hydrogen) atoms. The van der Waals surface area contributed by atoms with E-state index >= 15 is 0 Å². The first-order chi connectivity index (χ1) is 13.1. The van der Waals surface area contributed by atoms with E-state index in [1.165, 1.54) is 12.1 Å². The minimum absolute atomic E-state index is 0.116. The minimum Gasteiger partial charge on any atom is -0.486 e. The van der Waals surface area contributed by atoms with E-state index in [9.17, 15) is 0 Å². The maximum Gasteiger partial charge on any atom is 0.126 e. The van der Waals surface area contributed by atoms with Crippen molar-refractivity contribution in [2.24, 2.45) is 13.0 Å². The fraction of sp³-hybridized carbons (Fsp3) is 0.571. The molecule has 5 rings (SSSR count). The van der Waals surface area contributed by atoms with Crippen molar-refractivity contribution in [3.05, 3.63) is 47.0 Å². The predicted molar refractivity (Wildman–Crippen MR) is 104 cm³/mol. The molecule has 1 aromatic heterocycles. The van der Waals surface area contributed by atoms with Gasteiger partial charge in [-0.15, -0.1) is 0 Å². The summed E-state index contributed by atoms with van der Waals surface area (Å²) < 4.78 is 15.1. The summed E-state index contributed by atoms with van der Waals surface area (Å²) in [5.74, 6) is 1.37. The number of halogens is 1. The highest BCUT2D eigenvalue weighted by Gasteiger charge is 2.52. The van der Waals surface area contributed by atoms with Crippen molar-refractivity contribution >= 4 is 11.6 Å². The molecule has 6 heteroatoms. The fourth-order valence-corrected chi connectivity index (χ4v) is 5.26.